The summed E-state index contributed by atoms with van der Waals surface area (Å²) in [5, 5.41) is 2.35. The number of ether oxygens (including phenoxy) is 1. The lowest BCUT2D eigenvalue weighted by atomic mass is 10.2. The number of carbonyl (C=O) groups is 1. The molecule has 0 unspecified atom stereocenters. The van der Waals surface area contributed by atoms with Crippen molar-refractivity contribution in [1.82, 2.24) is 0 Å². The third-order valence-corrected chi connectivity index (χ3v) is 2.39. The summed E-state index contributed by atoms with van der Waals surface area (Å²) in [4.78, 5) is 11.4. The molecule has 0 fully saturated rings. The molecule has 0 atom stereocenters. The highest BCUT2D eigenvalue weighted by Crippen LogP contribution is 2.11. The van der Waals surface area contributed by atoms with Crippen LogP contribution < -0.4 is 5.32 Å². The van der Waals surface area contributed by atoms with Gasteiger partial charge in [-0.1, -0.05) is 24.3 Å². The van der Waals surface area contributed by atoms with E-state index in [9.17, 15) is 13.6 Å². The lowest BCUT2D eigenvalue weighted by Crippen LogP contribution is -2.14. The summed E-state index contributed by atoms with van der Waals surface area (Å²) >= 11 is 0. The second-order valence-corrected chi connectivity index (χ2v) is 3.80. The second-order valence-electron chi connectivity index (χ2n) is 3.80. The number of amides is 1. The number of benzene rings is 2. The molecule has 3 nitrogen and oxygen atoms in total. The van der Waals surface area contributed by atoms with Crippen molar-refractivity contribution >= 4 is 11.8 Å². The Hall–Kier alpha value is -2.43. The van der Waals surface area contributed by atoms with E-state index in [4.69, 9.17) is 4.74 Å². The van der Waals surface area contributed by atoms with Crippen molar-refractivity contribution < 1.29 is 18.3 Å². The van der Waals surface area contributed by atoms with Crippen LogP contribution in [0, 0.1) is 11.6 Å². The maximum absolute atomic E-state index is 13.3. The number of anilines is 1. The zero-order chi connectivity index (χ0) is 13.7. The van der Waals surface area contributed by atoms with Gasteiger partial charge in [0, 0.05) is 11.3 Å². The molecule has 2 aromatic carbocycles. The highest BCUT2D eigenvalue weighted by Gasteiger charge is 2.06. The minimum Gasteiger partial charge on any atom is -0.444 e. The first-order valence-corrected chi connectivity index (χ1v) is 5.58. The number of nitrogens with one attached hydrogen (secondary N) is 1. The Labute approximate surface area is 108 Å². The van der Waals surface area contributed by atoms with Gasteiger partial charge in [0.05, 0.1) is 0 Å². The van der Waals surface area contributed by atoms with Crippen LogP contribution in [-0.4, -0.2) is 6.09 Å². The van der Waals surface area contributed by atoms with Crippen molar-refractivity contribution in [1.29, 1.82) is 0 Å². The van der Waals surface area contributed by atoms with E-state index in [-0.39, 0.29) is 17.9 Å². The van der Waals surface area contributed by atoms with Gasteiger partial charge in [-0.05, 0) is 24.3 Å². The van der Waals surface area contributed by atoms with Crippen LogP contribution in [0.4, 0.5) is 19.3 Å². The summed E-state index contributed by atoms with van der Waals surface area (Å²) in [6.45, 7) is -0.187. The topological polar surface area (TPSA) is 38.3 Å². The SMILES string of the molecule is O=C(Nc1cccc(F)c1)OCc1ccccc1F. The van der Waals surface area contributed by atoms with Gasteiger partial charge in [-0.3, -0.25) is 5.32 Å². The smallest absolute Gasteiger partial charge is 0.411 e. The maximum Gasteiger partial charge on any atom is 0.411 e. The van der Waals surface area contributed by atoms with E-state index in [2.05, 4.69) is 5.32 Å². The zero-order valence-electron chi connectivity index (χ0n) is 9.90. The van der Waals surface area contributed by atoms with E-state index in [1.165, 1.54) is 30.3 Å². The van der Waals surface area contributed by atoms with Crippen LogP contribution in [0.3, 0.4) is 0 Å². The molecule has 0 aromatic heterocycles. The van der Waals surface area contributed by atoms with Crippen LogP contribution >= 0.6 is 0 Å². The fraction of sp³-hybridized carbons (Fsp3) is 0.0714. The molecule has 5 heteroatoms. The molecule has 0 aliphatic heterocycles. The average molecular weight is 263 g/mol. The Morgan fingerprint density at radius 1 is 1.11 bits per heavy atom. The van der Waals surface area contributed by atoms with Crippen LogP contribution in [0.15, 0.2) is 48.5 Å². The van der Waals surface area contributed by atoms with Crippen LogP contribution in [-0.2, 0) is 11.3 Å². The van der Waals surface area contributed by atoms with Gasteiger partial charge in [0.25, 0.3) is 0 Å². The predicted octanol–water partition coefficient (Wildman–Crippen LogP) is 3.71. The molecular weight excluding hydrogens is 252 g/mol. The average Bonchev–Trinajstić information content (AvgIpc) is 2.38. The van der Waals surface area contributed by atoms with Crippen LogP contribution in [0.1, 0.15) is 5.56 Å². The largest absolute Gasteiger partial charge is 0.444 e. The summed E-state index contributed by atoms with van der Waals surface area (Å²) in [5.41, 5.74) is 0.551. The lowest BCUT2D eigenvalue weighted by Gasteiger charge is -2.07. The first-order valence-electron chi connectivity index (χ1n) is 5.58. The quantitative estimate of drug-likeness (QED) is 0.916. The summed E-state index contributed by atoms with van der Waals surface area (Å²) in [6.07, 6.45) is -0.770. The second kappa shape index (κ2) is 5.95. The highest BCUT2D eigenvalue weighted by molar-refractivity contribution is 5.84. The van der Waals surface area contributed by atoms with E-state index in [0.717, 1.165) is 6.07 Å². The molecule has 2 aromatic rings. The van der Waals surface area contributed by atoms with Crippen molar-refractivity contribution in [3.63, 3.8) is 0 Å². The Balaban J connectivity index is 1.90. The van der Waals surface area contributed by atoms with E-state index in [1.807, 2.05) is 0 Å². The molecular formula is C14H11F2NO2. The normalized spacial score (nSPS) is 10.0. The molecule has 19 heavy (non-hydrogen) atoms. The maximum atomic E-state index is 13.3. The first kappa shape index (κ1) is 13.0. The molecule has 1 N–H and O–H groups in total. The van der Waals surface area contributed by atoms with Gasteiger partial charge < -0.3 is 4.74 Å². The molecule has 0 aliphatic carbocycles. The zero-order valence-corrected chi connectivity index (χ0v) is 9.90. The van der Waals surface area contributed by atoms with Crippen LogP contribution in [0.2, 0.25) is 0 Å². The van der Waals surface area contributed by atoms with Gasteiger partial charge in [-0.25, -0.2) is 13.6 Å². The highest BCUT2D eigenvalue weighted by atomic mass is 19.1. The minimum absolute atomic E-state index is 0.187. The summed E-state index contributed by atoms with van der Waals surface area (Å²) in [6, 6.07) is 11.4. The third kappa shape index (κ3) is 3.77. The van der Waals surface area contributed by atoms with Crippen molar-refractivity contribution in [2.45, 2.75) is 6.61 Å². The molecule has 0 saturated heterocycles. The van der Waals surface area contributed by atoms with Gasteiger partial charge in [0.2, 0.25) is 0 Å². The monoisotopic (exact) mass is 263 g/mol. The molecule has 0 heterocycles. The van der Waals surface area contributed by atoms with Gasteiger partial charge >= 0.3 is 6.09 Å². The Morgan fingerprint density at radius 3 is 2.63 bits per heavy atom. The fourth-order valence-electron chi connectivity index (χ4n) is 1.48. The molecule has 2 rings (SSSR count). The number of hydrogen-bond donors (Lipinski definition) is 1. The van der Waals surface area contributed by atoms with E-state index in [0.29, 0.717) is 0 Å². The number of hydrogen-bond acceptors (Lipinski definition) is 2. The standard InChI is InChI=1S/C14H11F2NO2/c15-11-5-3-6-12(8-11)17-14(18)19-9-10-4-1-2-7-13(10)16/h1-8H,9H2,(H,17,18). The molecule has 98 valence electrons. The summed E-state index contributed by atoms with van der Waals surface area (Å²) < 4.78 is 31.0. The molecule has 1 amide bonds. The van der Waals surface area contributed by atoms with Crippen LogP contribution in [0.25, 0.3) is 0 Å². The predicted molar refractivity (Wildman–Crippen MR) is 66.6 cm³/mol. The van der Waals surface area contributed by atoms with E-state index >= 15 is 0 Å². The Morgan fingerprint density at radius 2 is 1.89 bits per heavy atom. The van der Waals surface area contributed by atoms with Crippen molar-refractivity contribution in [3.05, 3.63) is 65.7 Å². The van der Waals surface area contributed by atoms with Gasteiger partial charge in [0.15, 0.2) is 0 Å². The summed E-state index contributed by atoms with van der Waals surface area (Å²) in [5.74, 6) is -0.909. The fourth-order valence-corrected chi connectivity index (χ4v) is 1.48. The number of rotatable bonds is 3. The number of halogens is 2. The Kier molecular flexibility index (Phi) is 4.07. The lowest BCUT2D eigenvalue weighted by molar-refractivity contribution is 0.154. The molecule has 0 aliphatic rings. The van der Waals surface area contributed by atoms with Crippen molar-refractivity contribution in [2.75, 3.05) is 5.32 Å². The Bertz CT molecular complexity index is 587. The van der Waals surface area contributed by atoms with Gasteiger partial charge in [-0.15, -0.1) is 0 Å². The van der Waals surface area contributed by atoms with Gasteiger partial charge in [-0.2, -0.15) is 0 Å². The van der Waals surface area contributed by atoms with E-state index < -0.39 is 17.7 Å². The molecule has 0 radical (unpaired) electrons. The van der Waals surface area contributed by atoms with Crippen molar-refractivity contribution in [3.8, 4) is 0 Å². The minimum atomic E-state index is -0.770. The molecule has 0 saturated carbocycles. The molecule has 0 bridgehead atoms. The number of carbonyl (C=O) groups excluding carboxylic acids is 1. The van der Waals surface area contributed by atoms with Gasteiger partial charge in [0.1, 0.15) is 18.2 Å². The van der Waals surface area contributed by atoms with Crippen molar-refractivity contribution in [2.24, 2.45) is 0 Å². The third-order valence-electron chi connectivity index (χ3n) is 2.39. The molecule has 0 spiro atoms. The first-order chi connectivity index (χ1) is 9.15. The summed E-state index contributed by atoms with van der Waals surface area (Å²) in [7, 11) is 0. The van der Waals surface area contributed by atoms with Crippen LogP contribution in [0.5, 0.6) is 0 Å². The van der Waals surface area contributed by atoms with E-state index in [1.54, 1.807) is 12.1 Å².